The zero-order valence-electron chi connectivity index (χ0n) is 14.6. The maximum atomic E-state index is 13.5. The summed E-state index contributed by atoms with van der Waals surface area (Å²) in [6.07, 6.45) is 2.13. The molecule has 0 amide bonds. The Morgan fingerprint density at radius 3 is 2.44 bits per heavy atom. The zero-order chi connectivity index (χ0) is 19.4. The van der Waals surface area contributed by atoms with Gasteiger partial charge in [0.05, 0.1) is 10.5 Å². The van der Waals surface area contributed by atoms with E-state index in [0.717, 1.165) is 49.7 Å². The fraction of sp³-hybridized carbons (Fsp3) is 0.316. The second kappa shape index (κ2) is 8.16. The fourth-order valence-corrected chi connectivity index (χ4v) is 4.36. The lowest BCUT2D eigenvalue weighted by atomic mass is 10.1. The SMILES string of the molecule is O=C(O)c1cc(S(=O)(=O)NCC(c2ccccc2)N2CCCC2)ccc1F. The molecule has 3 rings (SSSR count). The van der Waals surface area contributed by atoms with Crippen molar-refractivity contribution in [3.63, 3.8) is 0 Å². The number of carboxylic acid groups (broad SMARTS) is 1. The van der Waals surface area contributed by atoms with Gasteiger partial charge in [0, 0.05) is 12.6 Å². The second-order valence-corrected chi connectivity index (χ2v) is 8.24. The van der Waals surface area contributed by atoms with E-state index < -0.39 is 27.4 Å². The molecule has 0 aliphatic carbocycles. The van der Waals surface area contributed by atoms with Gasteiger partial charge in [0.15, 0.2) is 0 Å². The summed E-state index contributed by atoms with van der Waals surface area (Å²) in [6, 6.07) is 12.3. The highest BCUT2D eigenvalue weighted by Crippen LogP contribution is 2.25. The maximum absolute atomic E-state index is 13.5. The van der Waals surface area contributed by atoms with Gasteiger partial charge in [0.25, 0.3) is 0 Å². The van der Waals surface area contributed by atoms with Crippen LogP contribution in [0.2, 0.25) is 0 Å². The Hall–Kier alpha value is -2.29. The van der Waals surface area contributed by atoms with Crippen molar-refractivity contribution >= 4 is 16.0 Å². The number of benzene rings is 2. The lowest BCUT2D eigenvalue weighted by Crippen LogP contribution is -2.36. The Balaban J connectivity index is 1.82. The minimum atomic E-state index is -3.97. The monoisotopic (exact) mass is 392 g/mol. The Morgan fingerprint density at radius 2 is 1.81 bits per heavy atom. The van der Waals surface area contributed by atoms with Crippen LogP contribution in [-0.2, 0) is 10.0 Å². The van der Waals surface area contributed by atoms with Crippen molar-refractivity contribution in [3.8, 4) is 0 Å². The number of rotatable bonds is 7. The fourth-order valence-electron chi connectivity index (χ4n) is 3.29. The molecule has 2 aromatic carbocycles. The summed E-state index contributed by atoms with van der Waals surface area (Å²) in [4.78, 5) is 13.0. The molecular weight excluding hydrogens is 371 g/mol. The topological polar surface area (TPSA) is 86.7 Å². The summed E-state index contributed by atoms with van der Waals surface area (Å²) in [5, 5.41) is 9.00. The Kier molecular flexibility index (Phi) is 5.88. The molecule has 0 saturated carbocycles. The lowest BCUT2D eigenvalue weighted by molar-refractivity contribution is 0.0691. The molecular formula is C19H21FN2O4S. The van der Waals surface area contributed by atoms with E-state index in [4.69, 9.17) is 5.11 Å². The van der Waals surface area contributed by atoms with Gasteiger partial charge in [-0.2, -0.15) is 0 Å². The third-order valence-corrected chi connectivity index (χ3v) is 6.13. The molecule has 6 nitrogen and oxygen atoms in total. The van der Waals surface area contributed by atoms with Crippen LogP contribution in [0, 0.1) is 5.82 Å². The Morgan fingerprint density at radius 1 is 1.15 bits per heavy atom. The van der Waals surface area contributed by atoms with E-state index in [1.807, 2.05) is 30.3 Å². The second-order valence-electron chi connectivity index (χ2n) is 6.47. The van der Waals surface area contributed by atoms with Gasteiger partial charge in [-0.25, -0.2) is 22.3 Å². The van der Waals surface area contributed by atoms with Crippen LogP contribution in [0.15, 0.2) is 53.4 Å². The third kappa shape index (κ3) is 4.52. The van der Waals surface area contributed by atoms with Crippen molar-refractivity contribution in [2.75, 3.05) is 19.6 Å². The molecule has 1 aliphatic rings. The summed E-state index contributed by atoms with van der Waals surface area (Å²) < 4.78 is 41.3. The first-order valence-electron chi connectivity index (χ1n) is 8.70. The van der Waals surface area contributed by atoms with E-state index in [1.54, 1.807) is 0 Å². The molecule has 144 valence electrons. The predicted octanol–water partition coefficient (Wildman–Crippen LogP) is 2.64. The molecule has 1 atom stereocenters. The quantitative estimate of drug-likeness (QED) is 0.757. The van der Waals surface area contributed by atoms with Gasteiger partial charge < -0.3 is 5.11 Å². The number of nitrogens with zero attached hydrogens (tertiary/aromatic N) is 1. The van der Waals surface area contributed by atoms with Crippen LogP contribution in [0.3, 0.4) is 0 Å². The average Bonchev–Trinajstić information content (AvgIpc) is 3.17. The van der Waals surface area contributed by atoms with E-state index in [0.29, 0.717) is 0 Å². The highest BCUT2D eigenvalue weighted by Gasteiger charge is 2.26. The molecule has 1 aliphatic heterocycles. The van der Waals surface area contributed by atoms with Gasteiger partial charge in [-0.15, -0.1) is 0 Å². The average molecular weight is 392 g/mol. The number of carboxylic acids is 1. The molecule has 0 aromatic heterocycles. The van der Waals surface area contributed by atoms with Crippen molar-refractivity contribution in [1.29, 1.82) is 0 Å². The molecule has 0 bridgehead atoms. The van der Waals surface area contributed by atoms with Gasteiger partial charge in [-0.05, 0) is 49.7 Å². The maximum Gasteiger partial charge on any atom is 0.338 e. The van der Waals surface area contributed by atoms with Crippen LogP contribution in [0.5, 0.6) is 0 Å². The van der Waals surface area contributed by atoms with Crippen LogP contribution in [0.1, 0.15) is 34.8 Å². The first kappa shape index (κ1) is 19.5. The van der Waals surface area contributed by atoms with Crippen LogP contribution < -0.4 is 4.72 Å². The van der Waals surface area contributed by atoms with Crippen LogP contribution >= 0.6 is 0 Å². The Bertz CT molecular complexity index is 913. The van der Waals surface area contributed by atoms with Crippen LogP contribution in [0.25, 0.3) is 0 Å². The molecule has 1 saturated heterocycles. The molecule has 2 N–H and O–H groups in total. The van der Waals surface area contributed by atoms with Crippen LogP contribution in [0.4, 0.5) is 4.39 Å². The molecule has 0 radical (unpaired) electrons. The van der Waals surface area contributed by atoms with Gasteiger partial charge in [-0.3, -0.25) is 4.90 Å². The van der Waals surface area contributed by atoms with Gasteiger partial charge >= 0.3 is 5.97 Å². The predicted molar refractivity (Wildman–Crippen MR) is 98.5 cm³/mol. The summed E-state index contributed by atoms with van der Waals surface area (Å²) in [5.74, 6) is -2.48. The minimum Gasteiger partial charge on any atom is -0.478 e. The van der Waals surface area contributed by atoms with E-state index in [-0.39, 0.29) is 17.5 Å². The standard InChI is InChI=1S/C19H21FN2O4S/c20-17-9-8-15(12-16(17)19(23)24)27(25,26)21-13-18(22-10-4-5-11-22)14-6-2-1-3-7-14/h1-3,6-9,12,18,21H,4-5,10-11,13H2,(H,23,24). The molecule has 0 spiro atoms. The van der Waals surface area contributed by atoms with Gasteiger partial charge in [-0.1, -0.05) is 30.3 Å². The van der Waals surface area contributed by atoms with Crippen molar-refractivity contribution < 1.29 is 22.7 Å². The number of hydrogen-bond donors (Lipinski definition) is 2. The number of likely N-dealkylation sites (tertiary alicyclic amines) is 1. The zero-order valence-corrected chi connectivity index (χ0v) is 15.5. The van der Waals surface area contributed by atoms with Crippen molar-refractivity contribution in [3.05, 3.63) is 65.5 Å². The molecule has 1 fully saturated rings. The first-order chi connectivity index (χ1) is 12.9. The van der Waals surface area contributed by atoms with Gasteiger partial charge in [0.2, 0.25) is 10.0 Å². The largest absolute Gasteiger partial charge is 0.478 e. The summed E-state index contributed by atoms with van der Waals surface area (Å²) in [5.41, 5.74) is 0.337. The minimum absolute atomic E-state index is 0.122. The number of hydrogen-bond acceptors (Lipinski definition) is 4. The van der Waals surface area contributed by atoms with Crippen molar-refractivity contribution in [2.24, 2.45) is 0 Å². The lowest BCUT2D eigenvalue weighted by Gasteiger charge is -2.28. The molecule has 2 aromatic rings. The van der Waals surface area contributed by atoms with E-state index in [1.165, 1.54) is 0 Å². The third-order valence-electron chi connectivity index (χ3n) is 4.71. The van der Waals surface area contributed by atoms with Crippen molar-refractivity contribution in [2.45, 2.75) is 23.8 Å². The number of carbonyl (C=O) groups is 1. The number of sulfonamides is 1. The smallest absolute Gasteiger partial charge is 0.338 e. The number of aromatic carboxylic acids is 1. The molecule has 1 heterocycles. The van der Waals surface area contributed by atoms with E-state index in [9.17, 15) is 17.6 Å². The highest BCUT2D eigenvalue weighted by molar-refractivity contribution is 7.89. The van der Waals surface area contributed by atoms with E-state index >= 15 is 0 Å². The molecule has 27 heavy (non-hydrogen) atoms. The van der Waals surface area contributed by atoms with Crippen molar-refractivity contribution in [1.82, 2.24) is 9.62 Å². The van der Waals surface area contributed by atoms with Gasteiger partial charge in [0.1, 0.15) is 5.82 Å². The molecule has 8 heteroatoms. The van der Waals surface area contributed by atoms with Crippen LogP contribution in [-0.4, -0.2) is 44.0 Å². The Labute approximate surface area is 157 Å². The first-order valence-corrected chi connectivity index (χ1v) is 10.2. The summed E-state index contributed by atoms with van der Waals surface area (Å²) in [6.45, 7) is 1.92. The summed E-state index contributed by atoms with van der Waals surface area (Å²) >= 11 is 0. The summed E-state index contributed by atoms with van der Waals surface area (Å²) in [7, 11) is -3.97. The number of nitrogens with one attached hydrogen (secondary N) is 1. The molecule has 1 unspecified atom stereocenters. The highest BCUT2D eigenvalue weighted by atomic mass is 32.2. The normalized spacial score (nSPS) is 16.3. The number of halogens is 1. The van der Waals surface area contributed by atoms with E-state index in [2.05, 4.69) is 9.62 Å².